The Bertz CT molecular complexity index is 953. The van der Waals surface area contributed by atoms with Gasteiger partial charge in [-0.05, 0) is 77.0 Å². The highest BCUT2D eigenvalue weighted by molar-refractivity contribution is 5.71. The Morgan fingerprint density at radius 2 is 0.643 bits per heavy atom. The molecule has 0 aliphatic carbocycles. The van der Waals surface area contributed by atoms with E-state index in [1.165, 1.54) is 116 Å². The Morgan fingerprint density at radius 1 is 0.357 bits per heavy atom. The molecule has 0 radical (unpaired) electrons. The molecule has 1 atom stereocenters. The molecule has 0 aromatic heterocycles. The number of unbranched alkanes of at least 4 members (excludes halogenated alkanes) is 26. The molecule has 0 fully saturated rings. The van der Waals surface area contributed by atoms with Gasteiger partial charge in [-0.1, -0.05) is 186 Å². The first kappa shape index (κ1) is 53.6. The third-order valence-corrected chi connectivity index (χ3v) is 10.4. The predicted octanol–water partition coefficient (Wildman–Crippen LogP) is 15.4. The number of allylic oxidation sites excluding steroid dienone is 6. The van der Waals surface area contributed by atoms with Crippen molar-refractivity contribution < 1.29 is 28.6 Å². The van der Waals surface area contributed by atoms with Gasteiger partial charge in [-0.25, -0.2) is 0 Å². The highest BCUT2D eigenvalue weighted by Crippen LogP contribution is 2.14. The summed E-state index contributed by atoms with van der Waals surface area (Å²) in [7, 11) is 0. The van der Waals surface area contributed by atoms with Crippen LogP contribution in [0.2, 0.25) is 0 Å². The molecule has 0 saturated carbocycles. The zero-order valence-corrected chi connectivity index (χ0v) is 37.2. The van der Waals surface area contributed by atoms with Crippen molar-refractivity contribution >= 4 is 17.9 Å². The molecule has 0 aliphatic rings. The van der Waals surface area contributed by atoms with Gasteiger partial charge in [0.15, 0.2) is 6.10 Å². The molecular formula is C50H90O6. The third kappa shape index (κ3) is 42.8. The molecule has 0 heterocycles. The first-order chi connectivity index (χ1) is 27.5. The van der Waals surface area contributed by atoms with Crippen molar-refractivity contribution in [2.24, 2.45) is 0 Å². The van der Waals surface area contributed by atoms with Gasteiger partial charge < -0.3 is 14.2 Å². The fourth-order valence-corrected chi connectivity index (χ4v) is 6.70. The summed E-state index contributed by atoms with van der Waals surface area (Å²) in [5.41, 5.74) is 0. The van der Waals surface area contributed by atoms with E-state index >= 15 is 0 Å². The maximum absolute atomic E-state index is 12.7. The van der Waals surface area contributed by atoms with Crippen LogP contribution in [-0.2, 0) is 28.6 Å². The monoisotopic (exact) mass is 787 g/mol. The molecule has 0 bridgehead atoms. The fourth-order valence-electron chi connectivity index (χ4n) is 6.70. The molecule has 56 heavy (non-hydrogen) atoms. The van der Waals surface area contributed by atoms with E-state index in [0.29, 0.717) is 19.3 Å². The van der Waals surface area contributed by atoms with E-state index in [-0.39, 0.29) is 31.1 Å². The minimum Gasteiger partial charge on any atom is -0.462 e. The lowest BCUT2D eigenvalue weighted by Crippen LogP contribution is -2.30. The van der Waals surface area contributed by atoms with Crippen LogP contribution in [0.25, 0.3) is 0 Å². The molecular weight excluding hydrogens is 697 g/mol. The number of ether oxygens (including phenoxy) is 3. The molecule has 0 aromatic carbocycles. The van der Waals surface area contributed by atoms with Gasteiger partial charge in [-0.15, -0.1) is 0 Å². The summed E-state index contributed by atoms with van der Waals surface area (Å²) in [5.74, 6) is -0.898. The quantitative estimate of drug-likeness (QED) is 0.0265. The number of carbonyl (C=O) groups is 3. The highest BCUT2D eigenvalue weighted by atomic mass is 16.6. The Hall–Kier alpha value is -2.37. The van der Waals surface area contributed by atoms with Gasteiger partial charge in [0.1, 0.15) is 13.2 Å². The van der Waals surface area contributed by atoms with E-state index in [0.717, 1.165) is 89.9 Å². The van der Waals surface area contributed by atoms with Crippen molar-refractivity contribution in [3.8, 4) is 0 Å². The van der Waals surface area contributed by atoms with E-state index < -0.39 is 6.10 Å². The molecule has 6 nitrogen and oxygen atoms in total. The third-order valence-electron chi connectivity index (χ3n) is 10.4. The summed E-state index contributed by atoms with van der Waals surface area (Å²) in [5, 5.41) is 0. The van der Waals surface area contributed by atoms with E-state index in [2.05, 4.69) is 57.2 Å². The number of hydrogen-bond acceptors (Lipinski definition) is 6. The SMILES string of the molecule is CCCCC/C=C\C/C=C\CCCCCCCC(=O)OCC(COC(=O)CCCCCCCCCCCC)OC(=O)CCCCCCC/C=C\CCCCCC. The number of hydrogen-bond donors (Lipinski definition) is 0. The minimum absolute atomic E-state index is 0.0779. The maximum atomic E-state index is 12.7. The molecule has 0 aliphatic heterocycles. The standard InChI is InChI=1S/C50H90O6/c1-4-7-10-13-16-19-22-24-25-27-28-31-34-37-40-43-49(52)55-46-47(45-54-48(51)42-39-36-33-30-21-18-15-12-9-6-3)56-50(53)44-41-38-35-32-29-26-23-20-17-14-11-8-5-2/h16,19-20,23-25,47H,4-15,17-18,21-22,26-46H2,1-3H3/b19-16-,23-20-,25-24-. The summed E-state index contributed by atoms with van der Waals surface area (Å²) in [6.45, 7) is 6.57. The first-order valence-electron chi connectivity index (χ1n) is 24.0. The van der Waals surface area contributed by atoms with Crippen LogP contribution < -0.4 is 0 Å². The Labute approximate surface area is 346 Å². The van der Waals surface area contributed by atoms with Crippen LogP contribution in [0.3, 0.4) is 0 Å². The summed E-state index contributed by atoms with van der Waals surface area (Å²) in [4.78, 5) is 37.8. The van der Waals surface area contributed by atoms with E-state index in [1.807, 2.05) is 0 Å². The van der Waals surface area contributed by atoms with Crippen molar-refractivity contribution in [2.75, 3.05) is 13.2 Å². The average Bonchev–Trinajstić information content (AvgIpc) is 3.19. The molecule has 0 aromatic rings. The lowest BCUT2D eigenvalue weighted by Gasteiger charge is -2.18. The van der Waals surface area contributed by atoms with E-state index in [4.69, 9.17) is 14.2 Å². The van der Waals surface area contributed by atoms with Gasteiger partial charge in [-0.2, -0.15) is 0 Å². The molecule has 326 valence electrons. The smallest absolute Gasteiger partial charge is 0.306 e. The zero-order chi connectivity index (χ0) is 40.8. The summed E-state index contributed by atoms with van der Waals surface area (Å²) in [6, 6.07) is 0. The second kappa shape index (κ2) is 45.3. The lowest BCUT2D eigenvalue weighted by atomic mass is 10.1. The molecule has 0 amide bonds. The van der Waals surface area contributed by atoms with Gasteiger partial charge in [0.25, 0.3) is 0 Å². The van der Waals surface area contributed by atoms with Crippen LogP contribution in [0.15, 0.2) is 36.5 Å². The van der Waals surface area contributed by atoms with Gasteiger partial charge >= 0.3 is 17.9 Å². The van der Waals surface area contributed by atoms with Crippen molar-refractivity contribution in [1.29, 1.82) is 0 Å². The van der Waals surface area contributed by atoms with Gasteiger partial charge in [-0.3, -0.25) is 14.4 Å². The molecule has 0 N–H and O–H groups in total. The fraction of sp³-hybridized carbons (Fsp3) is 0.820. The van der Waals surface area contributed by atoms with Crippen LogP contribution >= 0.6 is 0 Å². The minimum atomic E-state index is -0.776. The van der Waals surface area contributed by atoms with Crippen LogP contribution in [0.4, 0.5) is 0 Å². The van der Waals surface area contributed by atoms with E-state index in [9.17, 15) is 14.4 Å². The normalized spacial score (nSPS) is 12.3. The van der Waals surface area contributed by atoms with Crippen molar-refractivity contribution in [2.45, 2.75) is 252 Å². The van der Waals surface area contributed by atoms with Crippen molar-refractivity contribution in [3.05, 3.63) is 36.5 Å². The first-order valence-corrected chi connectivity index (χ1v) is 24.0. The topological polar surface area (TPSA) is 78.9 Å². The Morgan fingerprint density at radius 3 is 1.05 bits per heavy atom. The van der Waals surface area contributed by atoms with E-state index in [1.54, 1.807) is 0 Å². The van der Waals surface area contributed by atoms with Crippen LogP contribution in [-0.4, -0.2) is 37.2 Å². The maximum Gasteiger partial charge on any atom is 0.306 e. The summed E-state index contributed by atoms with van der Waals surface area (Å²) >= 11 is 0. The number of esters is 3. The molecule has 6 heteroatoms. The highest BCUT2D eigenvalue weighted by Gasteiger charge is 2.19. The largest absolute Gasteiger partial charge is 0.462 e. The van der Waals surface area contributed by atoms with Gasteiger partial charge in [0, 0.05) is 19.3 Å². The van der Waals surface area contributed by atoms with Gasteiger partial charge in [0.05, 0.1) is 0 Å². The zero-order valence-electron chi connectivity index (χ0n) is 37.2. The second-order valence-electron chi connectivity index (χ2n) is 16.0. The van der Waals surface area contributed by atoms with Gasteiger partial charge in [0.2, 0.25) is 0 Å². The molecule has 0 spiro atoms. The second-order valence-corrected chi connectivity index (χ2v) is 16.0. The Kier molecular flexibility index (Phi) is 43.4. The van der Waals surface area contributed by atoms with Crippen LogP contribution in [0, 0.1) is 0 Å². The number of carbonyl (C=O) groups excluding carboxylic acids is 3. The average molecular weight is 787 g/mol. The summed E-state index contributed by atoms with van der Waals surface area (Å²) < 4.78 is 16.7. The Balaban J connectivity index is 4.38. The van der Waals surface area contributed by atoms with Crippen molar-refractivity contribution in [1.82, 2.24) is 0 Å². The van der Waals surface area contributed by atoms with Crippen LogP contribution in [0.5, 0.6) is 0 Å². The lowest BCUT2D eigenvalue weighted by molar-refractivity contribution is -0.167. The summed E-state index contributed by atoms with van der Waals surface area (Å²) in [6.07, 6.45) is 51.2. The molecule has 0 saturated heterocycles. The molecule has 1 unspecified atom stereocenters. The molecule has 0 rings (SSSR count). The van der Waals surface area contributed by atoms with Crippen molar-refractivity contribution in [3.63, 3.8) is 0 Å². The van der Waals surface area contributed by atoms with Crippen LogP contribution in [0.1, 0.15) is 245 Å². The predicted molar refractivity (Wildman–Crippen MR) is 238 cm³/mol. The number of rotatable bonds is 43.